The molecular formula is C29H22BrN3O6. The van der Waals surface area contributed by atoms with Crippen molar-refractivity contribution in [2.24, 2.45) is 11.8 Å². The van der Waals surface area contributed by atoms with Gasteiger partial charge in [0.1, 0.15) is 6.54 Å². The Balaban J connectivity index is 1.10. The van der Waals surface area contributed by atoms with Crippen LogP contribution in [-0.4, -0.2) is 47.6 Å². The fourth-order valence-corrected chi connectivity index (χ4v) is 6.32. The van der Waals surface area contributed by atoms with Crippen molar-refractivity contribution in [2.45, 2.75) is 11.8 Å². The van der Waals surface area contributed by atoms with Crippen LogP contribution in [0.25, 0.3) is 0 Å². The van der Waals surface area contributed by atoms with E-state index in [2.05, 4.69) is 26.8 Å². The normalized spacial score (nSPS) is 22.0. The number of esters is 1. The molecule has 0 unspecified atom stereocenters. The van der Waals surface area contributed by atoms with Gasteiger partial charge in [0.15, 0.2) is 6.61 Å². The average Bonchev–Trinajstić information content (AvgIpc) is 3.20. The summed E-state index contributed by atoms with van der Waals surface area (Å²) in [7, 11) is 0. The van der Waals surface area contributed by atoms with E-state index in [9.17, 15) is 24.0 Å². The molecule has 7 rings (SSSR count). The minimum absolute atomic E-state index is 0.273. The first-order valence-corrected chi connectivity index (χ1v) is 13.2. The minimum Gasteiger partial charge on any atom is -0.454 e. The summed E-state index contributed by atoms with van der Waals surface area (Å²) in [6.45, 7) is -1.28. The lowest BCUT2D eigenvalue weighted by Gasteiger charge is -2.45. The number of hydrazine groups is 1. The lowest BCUT2D eigenvalue weighted by Crippen LogP contribution is -2.44. The van der Waals surface area contributed by atoms with Crippen LogP contribution in [-0.2, 0) is 23.9 Å². The molecule has 1 aliphatic heterocycles. The predicted molar refractivity (Wildman–Crippen MR) is 141 cm³/mol. The highest BCUT2D eigenvalue weighted by atomic mass is 79.9. The Morgan fingerprint density at radius 2 is 1.23 bits per heavy atom. The number of halogens is 1. The number of hydrogen-bond acceptors (Lipinski definition) is 6. The number of rotatable bonds is 5. The van der Waals surface area contributed by atoms with Gasteiger partial charge in [-0.2, -0.15) is 0 Å². The molecular weight excluding hydrogens is 566 g/mol. The Labute approximate surface area is 231 Å². The zero-order valence-electron chi connectivity index (χ0n) is 20.4. The summed E-state index contributed by atoms with van der Waals surface area (Å²) in [6.07, 6.45) is 0. The molecule has 0 radical (unpaired) electrons. The number of ether oxygens (including phenoxy) is 1. The molecule has 1 saturated heterocycles. The zero-order chi connectivity index (χ0) is 27.3. The third kappa shape index (κ3) is 4.21. The number of nitrogens with one attached hydrogen (secondary N) is 2. The fraction of sp³-hybridized carbons (Fsp3) is 0.207. The van der Waals surface area contributed by atoms with E-state index in [0.717, 1.165) is 31.6 Å². The highest BCUT2D eigenvalue weighted by molar-refractivity contribution is 9.10. The second-order valence-corrected chi connectivity index (χ2v) is 10.6. The summed E-state index contributed by atoms with van der Waals surface area (Å²) in [4.78, 5) is 64.8. The Hall–Kier alpha value is -4.31. The molecule has 3 aromatic carbocycles. The van der Waals surface area contributed by atoms with Crippen LogP contribution in [0.2, 0.25) is 0 Å². The van der Waals surface area contributed by atoms with Gasteiger partial charge in [-0.15, -0.1) is 0 Å². The first-order valence-electron chi connectivity index (χ1n) is 12.4. The maximum atomic E-state index is 13.5. The van der Waals surface area contributed by atoms with Crippen LogP contribution in [0.3, 0.4) is 0 Å². The standard InChI is InChI=1S/C29H22BrN3O6/c30-16-11-9-15(10-12-16)27(36)32-31-21(34)14-39-22(35)13-33-28(37)25-23-17-5-1-2-6-18(17)24(26(25)29(33)38)20-8-4-3-7-19(20)23/h1-12,23-26H,13-14H2,(H,31,34)(H,32,36)/t23?,24?,25-,26-/m1/s1. The van der Waals surface area contributed by atoms with Crippen LogP contribution >= 0.6 is 15.9 Å². The number of hydrogen-bond donors (Lipinski definition) is 2. The first kappa shape index (κ1) is 25.0. The van der Waals surface area contributed by atoms with Gasteiger partial charge >= 0.3 is 5.97 Å². The maximum Gasteiger partial charge on any atom is 0.326 e. The Morgan fingerprint density at radius 1 is 0.744 bits per heavy atom. The van der Waals surface area contributed by atoms with E-state index in [4.69, 9.17) is 4.74 Å². The van der Waals surface area contributed by atoms with Crippen LogP contribution in [0.5, 0.6) is 0 Å². The first-order chi connectivity index (χ1) is 18.8. The largest absolute Gasteiger partial charge is 0.454 e. The highest BCUT2D eigenvalue weighted by Gasteiger charge is 2.61. The van der Waals surface area contributed by atoms with E-state index >= 15 is 0 Å². The van der Waals surface area contributed by atoms with Gasteiger partial charge in [-0.1, -0.05) is 64.5 Å². The van der Waals surface area contributed by atoms with Crippen molar-refractivity contribution in [2.75, 3.05) is 13.2 Å². The lowest BCUT2D eigenvalue weighted by atomic mass is 9.55. The molecule has 3 aromatic rings. The van der Waals surface area contributed by atoms with Crippen molar-refractivity contribution in [1.82, 2.24) is 15.8 Å². The van der Waals surface area contributed by atoms with Crippen LogP contribution in [0.1, 0.15) is 44.4 Å². The van der Waals surface area contributed by atoms with Gasteiger partial charge in [-0.25, -0.2) is 0 Å². The van der Waals surface area contributed by atoms with Gasteiger partial charge in [-0.05, 0) is 46.5 Å². The van der Waals surface area contributed by atoms with E-state index in [-0.39, 0.29) is 11.8 Å². The molecule has 0 saturated carbocycles. The molecule has 4 amide bonds. The zero-order valence-corrected chi connectivity index (χ0v) is 22.0. The fourth-order valence-electron chi connectivity index (χ4n) is 6.05. The molecule has 4 aliphatic rings. The predicted octanol–water partition coefficient (Wildman–Crippen LogP) is 2.65. The summed E-state index contributed by atoms with van der Waals surface area (Å²) < 4.78 is 5.81. The summed E-state index contributed by atoms with van der Waals surface area (Å²) >= 11 is 3.27. The second kappa shape index (κ2) is 9.77. The average molecular weight is 588 g/mol. The molecule has 2 atom stereocenters. The molecule has 2 N–H and O–H groups in total. The summed E-state index contributed by atoms with van der Waals surface area (Å²) in [5.74, 6) is -4.78. The van der Waals surface area contributed by atoms with Gasteiger partial charge in [0.05, 0.1) is 11.8 Å². The summed E-state index contributed by atoms with van der Waals surface area (Å²) in [5, 5.41) is 0. The number of imide groups is 1. The molecule has 9 nitrogen and oxygen atoms in total. The minimum atomic E-state index is -0.896. The number of nitrogens with zero attached hydrogens (tertiary/aromatic N) is 1. The van der Waals surface area contributed by atoms with E-state index < -0.39 is 54.6 Å². The van der Waals surface area contributed by atoms with E-state index in [1.54, 1.807) is 24.3 Å². The van der Waals surface area contributed by atoms with E-state index in [1.807, 2.05) is 48.5 Å². The second-order valence-electron chi connectivity index (χ2n) is 9.70. The van der Waals surface area contributed by atoms with Crippen molar-refractivity contribution in [3.8, 4) is 0 Å². The smallest absolute Gasteiger partial charge is 0.326 e. The van der Waals surface area contributed by atoms with Gasteiger partial charge < -0.3 is 4.74 Å². The van der Waals surface area contributed by atoms with Gasteiger partial charge in [0, 0.05) is 21.9 Å². The van der Waals surface area contributed by atoms with Crippen LogP contribution < -0.4 is 10.9 Å². The monoisotopic (exact) mass is 587 g/mol. The Kier molecular flexibility index (Phi) is 6.26. The number of likely N-dealkylation sites (tertiary alicyclic amines) is 1. The summed E-state index contributed by atoms with van der Waals surface area (Å²) in [6, 6.07) is 22.2. The van der Waals surface area contributed by atoms with Crippen molar-refractivity contribution in [3.63, 3.8) is 0 Å². The quantitative estimate of drug-likeness (QED) is 0.269. The molecule has 196 valence electrons. The number of carbonyl (C=O) groups is 5. The van der Waals surface area contributed by atoms with Crippen molar-refractivity contribution >= 4 is 45.5 Å². The van der Waals surface area contributed by atoms with Crippen molar-refractivity contribution < 1.29 is 28.7 Å². The SMILES string of the molecule is O=C(COC(=O)CN1C(=O)[C@@H]2C3c4ccccc4C(c4ccccc43)[C@H]2C1=O)NNC(=O)c1ccc(Br)cc1. The third-order valence-electron chi connectivity index (χ3n) is 7.61. The summed E-state index contributed by atoms with van der Waals surface area (Å²) in [5.41, 5.74) is 8.87. The lowest BCUT2D eigenvalue weighted by molar-refractivity contribution is -0.155. The highest BCUT2D eigenvalue weighted by Crippen LogP contribution is 2.60. The van der Waals surface area contributed by atoms with Crippen LogP contribution in [0, 0.1) is 11.8 Å². The number of amides is 4. The number of benzene rings is 3. The molecule has 1 fully saturated rings. The van der Waals surface area contributed by atoms with E-state index in [0.29, 0.717) is 5.56 Å². The topological polar surface area (TPSA) is 122 Å². The number of carbonyl (C=O) groups excluding carboxylic acids is 5. The Bertz CT molecular complexity index is 1420. The molecule has 39 heavy (non-hydrogen) atoms. The molecule has 2 bridgehead atoms. The maximum absolute atomic E-state index is 13.5. The molecule has 0 aromatic heterocycles. The molecule has 1 heterocycles. The van der Waals surface area contributed by atoms with Gasteiger partial charge in [0.25, 0.3) is 11.8 Å². The van der Waals surface area contributed by atoms with Gasteiger partial charge in [-0.3, -0.25) is 39.7 Å². The van der Waals surface area contributed by atoms with Gasteiger partial charge in [0.2, 0.25) is 11.8 Å². The molecule has 3 aliphatic carbocycles. The van der Waals surface area contributed by atoms with Crippen LogP contribution in [0.15, 0.2) is 77.3 Å². The Morgan fingerprint density at radius 3 is 1.72 bits per heavy atom. The third-order valence-corrected chi connectivity index (χ3v) is 8.14. The molecule has 0 spiro atoms. The van der Waals surface area contributed by atoms with E-state index in [1.165, 1.54) is 0 Å². The van der Waals surface area contributed by atoms with Crippen molar-refractivity contribution in [3.05, 3.63) is 105 Å². The van der Waals surface area contributed by atoms with Crippen molar-refractivity contribution in [1.29, 1.82) is 0 Å². The van der Waals surface area contributed by atoms with Crippen LogP contribution in [0.4, 0.5) is 0 Å². The molecule has 10 heteroatoms.